The normalized spacial score (nSPS) is 20.3. The van der Waals surface area contributed by atoms with Crippen LogP contribution in [0.5, 0.6) is 0 Å². The van der Waals surface area contributed by atoms with Crippen molar-refractivity contribution in [3.63, 3.8) is 0 Å². The molecular formula is C21H25ClN2O6S. The summed E-state index contributed by atoms with van der Waals surface area (Å²) in [5.41, 5.74) is -0.132. The number of halogens is 1. The standard InChI is InChI=1S/C21H25ClN2O6S/c1-12-10-18(24(3)23(12)2)30-11-14-17(31(4,28)29)9-8-13(20(14)22)21(27)19-15(25)6-5-7-16(19)26/h8-10,12,27H,5-7,11H2,1-4H3. The topological polar surface area (TPSA) is 104 Å². The van der Waals surface area contributed by atoms with Crippen molar-refractivity contribution < 1.29 is 27.9 Å². The molecule has 3 rings (SSSR count). The summed E-state index contributed by atoms with van der Waals surface area (Å²) in [6, 6.07) is 2.69. The molecule has 168 valence electrons. The molecule has 0 bridgehead atoms. The fraction of sp³-hybridized carbons (Fsp3) is 0.429. The van der Waals surface area contributed by atoms with Crippen LogP contribution in [0.15, 0.2) is 34.6 Å². The zero-order valence-electron chi connectivity index (χ0n) is 17.8. The summed E-state index contributed by atoms with van der Waals surface area (Å²) in [6.45, 7) is 1.79. The molecular weight excluding hydrogens is 444 g/mol. The number of likely N-dealkylation sites (N-methyl/N-ethyl adjacent to an activating group) is 1. The first kappa shape index (κ1) is 23.3. The highest BCUT2D eigenvalue weighted by Gasteiger charge is 2.30. The van der Waals surface area contributed by atoms with Crippen molar-refractivity contribution in [2.45, 2.75) is 43.7 Å². The van der Waals surface area contributed by atoms with E-state index >= 15 is 0 Å². The average Bonchev–Trinajstić information content (AvgIpc) is 2.92. The summed E-state index contributed by atoms with van der Waals surface area (Å²) in [5, 5.41) is 14.3. The number of hydrazine groups is 1. The van der Waals surface area contributed by atoms with Gasteiger partial charge in [0, 0.05) is 50.4 Å². The van der Waals surface area contributed by atoms with Gasteiger partial charge in [-0.25, -0.2) is 13.4 Å². The summed E-state index contributed by atoms with van der Waals surface area (Å²) >= 11 is 6.50. The van der Waals surface area contributed by atoms with E-state index in [1.165, 1.54) is 12.1 Å². The van der Waals surface area contributed by atoms with E-state index in [0.717, 1.165) is 6.26 Å². The molecule has 0 aromatic heterocycles. The van der Waals surface area contributed by atoms with Gasteiger partial charge in [0.25, 0.3) is 0 Å². The quantitative estimate of drug-likeness (QED) is 0.399. The predicted octanol–water partition coefficient (Wildman–Crippen LogP) is 2.87. The highest BCUT2D eigenvalue weighted by atomic mass is 35.5. The second-order valence-electron chi connectivity index (χ2n) is 7.73. The maximum Gasteiger partial charge on any atom is 0.201 e. The molecule has 8 nitrogen and oxygen atoms in total. The number of aliphatic hydroxyl groups is 1. The van der Waals surface area contributed by atoms with E-state index in [1.807, 2.05) is 25.1 Å². The minimum atomic E-state index is -3.67. The Morgan fingerprint density at radius 2 is 1.84 bits per heavy atom. The van der Waals surface area contributed by atoms with Crippen molar-refractivity contribution in [2.75, 3.05) is 20.4 Å². The number of hydrogen-bond acceptors (Lipinski definition) is 8. The van der Waals surface area contributed by atoms with Crippen LogP contribution in [0.1, 0.15) is 37.3 Å². The molecule has 1 aliphatic carbocycles. The van der Waals surface area contributed by atoms with Gasteiger partial charge in [0.2, 0.25) is 5.88 Å². The Kier molecular flexibility index (Phi) is 6.50. The summed E-state index contributed by atoms with van der Waals surface area (Å²) in [4.78, 5) is 24.4. The van der Waals surface area contributed by atoms with Gasteiger partial charge in [-0.05, 0) is 31.6 Å². The molecule has 1 heterocycles. The van der Waals surface area contributed by atoms with Crippen molar-refractivity contribution in [1.29, 1.82) is 0 Å². The number of allylic oxidation sites excluding steroid dienone is 1. The lowest BCUT2D eigenvalue weighted by atomic mass is 9.89. The number of sulfone groups is 1. The Balaban J connectivity index is 2.06. The third kappa shape index (κ3) is 4.49. The molecule has 0 radical (unpaired) electrons. The van der Waals surface area contributed by atoms with Crippen LogP contribution in [0.4, 0.5) is 0 Å². The first-order chi connectivity index (χ1) is 14.4. The highest BCUT2D eigenvalue weighted by molar-refractivity contribution is 7.90. The molecule has 1 atom stereocenters. The monoisotopic (exact) mass is 468 g/mol. The van der Waals surface area contributed by atoms with E-state index in [1.54, 1.807) is 12.1 Å². The average molecular weight is 469 g/mol. The van der Waals surface area contributed by atoms with Crippen LogP contribution >= 0.6 is 11.6 Å². The van der Waals surface area contributed by atoms with Gasteiger partial charge in [0.05, 0.1) is 9.92 Å². The second-order valence-corrected chi connectivity index (χ2v) is 10.1. The molecule has 1 unspecified atom stereocenters. The lowest BCUT2D eigenvalue weighted by Crippen LogP contribution is -2.35. The minimum Gasteiger partial charge on any atom is -0.506 e. The van der Waals surface area contributed by atoms with E-state index in [4.69, 9.17) is 16.3 Å². The smallest absolute Gasteiger partial charge is 0.201 e. The van der Waals surface area contributed by atoms with E-state index < -0.39 is 27.2 Å². The first-order valence-electron chi connectivity index (χ1n) is 9.76. The number of hydrogen-bond donors (Lipinski definition) is 1. The zero-order chi connectivity index (χ0) is 23.1. The fourth-order valence-corrected chi connectivity index (χ4v) is 4.91. The van der Waals surface area contributed by atoms with E-state index in [9.17, 15) is 23.1 Å². The third-order valence-electron chi connectivity index (χ3n) is 5.59. The molecule has 2 aliphatic rings. The number of ketones is 2. The molecule has 1 N–H and O–H groups in total. The van der Waals surface area contributed by atoms with Crippen LogP contribution in [-0.4, -0.2) is 61.5 Å². The molecule has 1 aromatic carbocycles. The van der Waals surface area contributed by atoms with Crippen molar-refractivity contribution in [3.8, 4) is 0 Å². The van der Waals surface area contributed by atoms with Crippen LogP contribution in [0, 0.1) is 0 Å². The number of carbonyl (C=O) groups excluding carboxylic acids is 2. The summed E-state index contributed by atoms with van der Waals surface area (Å²) in [5.74, 6) is -0.920. The number of nitrogens with zero attached hydrogens (tertiary/aromatic N) is 2. The Morgan fingerprint density at radius 3 is 2.35 bits per heavy atom. The number of rotatable bonds is 5. The maximum absolute atomic E-state index is 12.3. The van der Waals surface area contributed by atoms with Gasteiger partial charge in [-0.2, -0.15) is 0 Å². The molecule has 0 spiro atoms. The van der Waals surface area contributed by atoms with Gasteiger partial charge >= 0.3 is 0 Å². The van der Waals surface area contributed by atoms with E-state index in [0.29, 0.717) is 12.3 Å². The van der Waals surface area contributed by atoms with Gasteiger partial charge in [0.15, 0.2) is 21.4 Å². The van der Waals surface area contributed by atoms with E-state index in [2.05, 4.69) is 0 Å². The van der Waals surface area contributed by atoms with Gasteiger partial charge in [-0.1, -0.05) is 11.6 Å². The number of Topliss-reactive ketones (excluding diaryl/α,β-unsaturated/α-hetero) is 2. The van der Waals surface area contributed by atoms with Crippen LogP contribution < -0.4 is 0 Å². The summed E-state index contributed by atoms with van der Waals surface area (Å²) in [7, 11) is 0.0262. The highest BCUT2D eigenvalue weighted by Crippen LogP contribution is 2.35. The van der Waals surface area contributed by atoms with Gasteiger partial charge < -0.3 is 9.84 Å². The third-order valence-corrected chi connectivity index (χ3v) is 7.20. The Bertz CT molecular complexity index is 1090. The van der Waals surface area contributed by atoms with E-state index in [-0.39, 0.29) is 52.1 Å². The largest absolute Gasteiger partial charge is 0.506 e. The van der Waals surface area contributed by atoms with Crippen LogP contribution in [0.2, 0.25) is 5.02 Å². The maximum atomic E-state index is 12.3. The summed E-state index contributed by atoms with van der Waals surface area (Å²) in [6.07, 6.45) is 3.67. The SMILES string of the molecule is CC1C=C(OCc2c(S(C)(=O)=O)ccc(C(O)=C3C(=O)CCCC3=O)c2Cl)N(C)N1C. The minimum absolute atomic E-state index is 0.0190. The van der Waals surface area contributed by atoms with Crippen LogP contribution in [0.25, 0.3) is 5.76 Å². The first-order valence-corrected chi connectivity index (χ1v) is 12.0. The van der Waals surface area contributed by atoms with Crippen molar-refractivity contribution in [3.05, 3.63) is 45.8 Å². The van der Waals surface area contributed by atoms with Gasteiger partial charge in [-0.15, -0.1) is 0 Å². The molecule has 1 saturated carbocycles. The lowest BCUT2D eigenvalue weighted by molar-refractivity contribution is -0.123. The van der Waals surface area contributed by atoms with Crippen LogP contribution in [0.3, 0.4) is 0 Å². The van der Waals surface area contributed by atoms with Crippen molar-refractivity contribution in [2.24, 2.45) is 0 Å². The Labute approximate surface area is 186 Å². The number of carbonyl (C=O) groups is 2. The predicted molar refractivity (Wildman–Crippen MR) is 116 cm³/mol. The molecule has 31 heavy (non-hydrogen) atoms. The molecule has 1 fully saturated rings. The second kappa shape index (κ2) is 8.64. The molecule has 1 aliphatic heterocycles. The van der Waals surface area contributed by atoms with Gasteiger partial charge in [0.1, 0.15) is 17.9 Å². The van der Waals surface area contributed by atoms with Crippen molar-refractivity contribution >= 4 is 38.8 Å². The number of benzene rings is 1. The molecule has 1 aromatic rings. The molecule has 0 amide bonds. The van der Waals surface area contributed by atoms with Crippen molar-refractivity contribution in [1.82, 2.24) is 10.0 Å². The van der Waals surface area contributed by atoms with Gasteiger partial charge in [-0.3, -0.25) is 14.6 Å². The fourth-order valence-electron chi connectivity index (χ4n) is 3.62. The Morgan fingerprint density at radius 1 is 1.23 bits per heavy atom. The molecule has 0 saturated heterocycles. The Hall–Kier alpha value is -2.36. The molecule has 10 heteroatoms. The lowest BCUT2D eigenvalue weighted by Gasteiger charge is -2.27. The van der Waals surface area contributed by atoms with Crippen LogP contribution in [-0.2, 0) is 30.8 Å². The summed E-state index contributed by atoms with van der Waals surface area (Å²) < 4.78 is 30.5. The number of ether oxygens (including phenoxy) is 1. The number of aliphatic hydroxyl groups excluding tert-OH is 1. The zero-order valence-corrected chi connectivity index (χ0v) is 19.4.